The van der Waals surface area contributed by atoms with Crippen molar-refractivity contribution in [2.45, 2.75) is 111 Å². The van der Waals surface area contributed by atoms with Gasteiger partial charge in [-0.15, -0.1) is 10.2 Å². The molecular weight excluding hydrogens is 490 g/mol. The number of carbonyl (C=O) groups is 2. The fourth-order valence-corrected chi connectivity index (χ4v) is 5.94. The topological polar surface area (TPSA) is 82.8 Å². The van der Waals surface area contributed by atoms with Crippen LogP contribution in [0.25, 0.3) is 0 Å². The summed E-state index contributed by atoms with van der Waals surface area (Å²) in [6, 6.07) is 8.86. The van der Waals surface area contributed by atoms with Gasteiger partial charge in [-0.2, -0.15) is 0 Å². The third-order valence-electron chi connectivity index (χ3n) is 8.22. The van der Waals surface area contributed by atoms with Gasteiger partial charge in [0.15, 0.2) is 0 Å². The summed E-state index contributed by atoms with van der Waals surface area (Å²) < 4.78 is 5.78. The predicted molar refractivity (Wildman–Crippen MR) is 153 cm³/mol. The first-order chi connectivity index (χ1) is 18.8. The van der Waals surface area contributed by atoms with Crippen LogP contribution in [0.2, 0.25) is 0 Å². The molecule has 2 bridgehead atoms. The molecule has 39 heavy (non-hydrogen) atoms. The van der Waals surface area contributed by atoms with Gasteiger partial charge in [-0.1, -0.05) is 59.2 Å². The molecular formula is C31H47N5O3. The van der Waals surface area contributed by atoms with Crippen LogP contribution in [0.3, 0.4) is 0 Å². The molecule has 0 saturated carbocycles. The van der Waals surface area contributed by atoms with Gasteiger partial charge in [0.2, 0.25) is 23.6 Å². The van der Waals surface area contributed by atoms with E-state index in [9.17, 15) is 9.59 Å². The van der Waals surface area contributed by atoms with Crippen molar-refractivity contribution in [1.82, 2.24) is 20.0 Å². The van der Waals surface area contributed by atoms with Crippen molar-refractivity contribution in [2.24, 2.45) is 5.92 Å². The standard InChI is InChI=1S/C31H47N5O3/c1-6-29(37)36-19-17-25-11-9-12-26(35(25)18-16-22(2)3)21-34(20-24-10-7-8-13-27(24)36)30(38)15-14-28-32-33-31(39-28)23(4)5/h7-8,10,13,22-23,25-26H,6,9,11-12,14-21H2,1-5H3. The highest BCUT2D eigenvalue weighted by Gasteiger charge is 2.34. The van der Waals surface area contributed by atoms with Crippen LogP contribution in [0.5, 0.6) is 0 Å². The number of anilines is 1. The Balaban J connectivity index is 1.64. The number of para-hydroxylation sites is 1. The first-order valence-electron chi connectivity index (χ1n) is 15.0. The molecule has 8 nitrogen and oxygen atoms in total. The lowest BCUT2D eigenvalue weighted by molar-refractivity contribution is -0.133. The molecule has 2 amide bonds. The van der Waals surface area contributed by atoms with E-state index >= 15 is 0 Å². The number of amides is 2. The molecule has 0 radical (unpaired) electrons. The van der Waals surface area contributed by atoms with Crippen molar-refractivity contribution in [3.63, 3.8) is 0 Å². The highest BCUT2D eigenvalue weighted by molar-refractivity contribution is 5.94. The van der Waals surface area contributed by atoms with E-state index < -0.39 is 0 Å². The maximum Gasteiger partial charge on any atom is 0.226 e. The molecule has 8 heteroatoms. The van der Waals surface area contributed by atoms with Gasteiger partial charge in [-0.25, -0.2) is 0 Å². The molecule has 4 rings (SSSR count). The minimum Gasteiger partial charge on any atom is -0.425 e. The summed E-state index contributed by atoms with van der Waals surface area (Å²) in [4.78, 5) is 33.7. The summed E-state index contributed by atoms with van der Waals surface area (Å²) in [5, 5.41) is 8.30. The van der Waals surface area contributed by atoms with Crippen molar-refractivity contribution in [3.8, 4) is 0 Å². The summed E-state index contributed by atoms with van der Waals surface area (Å²) in [6.07, 6.45) is 6.70. The Morgan fingerprint density at radius 3 is 2.51 bits per heavy atom. The fraction of sp³-hybridized carbons (Fsp3) is 0.677. The number of carbonyl (C=O) groups excluding carboxylic acids is 2. The number of benzene rings is 1. The average molecular weight is 538 g/mol. The highest BCUT2D eigenvalue weighted by Crippen LogP contribution is 2.31. The largest absolute Gasteiger partial charge is 0.425 e. The zero-order valence-electron chi connectivity index (χ0n) is 24.6. The minimum atomic E-state index is 0.0904. The van der Waals surface area contributed by atoms with Gasteiger partial charge in [0.25, 0.3) is 0 Å². The van der Waals surface area contributed by atoms with Gasteiger partial charge in [0.05, 0.1) is 0 Å². The summed E-state index contributed by atoms with van der Waals surface area (Å²) in [7, 11) is 0. The van der Waals surface area contributed by atoms with E-state index in [1.165, 1.54) is 0 Å². The molecule has 0 N–H and O–H groups in total. The van der Waals surface area contributed by atoms with E-state index in [2.05, 4.69) is 35.0 Å². The van der Waals surface area contributed by atoms with Crippen molar-refractivity contribution in [1.29, 1.82) is 0 Å². The molecule has 1 fully saturated rings. The Morgan fingerprint density at radius 1 is 1.03 bits per heavy atom. The highest BCUT2D eigenvalue weighted by atomic mass is 16.4. The number of fused-ring (bicyclic) bond motifs is 3. The molecule has 0 aliphatic carbocycles. The Labute approximate surface area is 234 Å². The molecule has 0 spiro atoms. The molecule has 1 saturated heterocycles. The number of hydrogen-bond acceptors (Lipinski definition) is 6. The van der Waals surface area contributed by atoms with Crippen molar-refractivity contribution >= 4 is 17.5 Å². The maximum atomic E-state index is 13.8. The van der Waals surface area contributed by atoms with Crippen LogP contribution in [-0.4, -0.2) is 63.5 Å². The molecule has 214 valence electrons. The fourth-order valence-electron chi connectivity index (χ4n) is 5.94. The van der Waals surface area contributed by atoms with Gasteiger partial charge in [-0.3, -0.25) is 14.5 Å². The molecule has 3 heterocycles. The summed E-state index contributed by atoms with van der Waals surface area (Å²) in [6.45, 7) is 13.4. The van der Waals surface area contributed by atoms with Gasteiger partial charge in [-0.05, 0) is 49.8 Å². The molecule has 2 aliphatic rings. The summed E-state index contributed by atoms with van der Waals surface area (Å²) in [5.41, 5.74) is 1.96. The van der Waals surface area contributed by atoms with Crippen LogP contribution in [-0.2, 0) is 22.6 Å². The van der Waals surface area contributed by atoms with Gasteiger partial charge < -0.3 is 14.2 Å². The van der Waals surface area contributed by atoms with Crippen LogP contribution in [0.4, 0.5) is 5.69 Å². The summed E-state index contributed by atoms with van der Waals surface area (Å²) in [5.74, 6) is 2.13. The van der Waals surface area contributed by atoms with Gasteiger partial charge in [0.1, 0.15) is 0 Å². The number of nitrogens with zero attached hydrogens (tertiary/aromatic N) is 5. The number of aromatic nitrogens is 2. The third-order valence-corrected chi connectivity index (χ3v) is 8.22. The smallest absolute Gasteiger partial charge is 0.226 e. The second-order valence-electron chi connectivity index (χ2n) is 11.9. The van der Waals surface area contributed by atoms with Crippen molar-refractivity contribution < 1.29 is 14.0 Å². The number of aryl methyl sites for hydroxylation is 1. The van der Waals surface area contributed by atoms with Gasteiger partial charge in [0, 0.05) is 62.6 Å². The molecule has 2 aliphatic heterocycles. The number of rotatable bonds is 8. The first-order valence-corrected chi connectivity index (χ1v) is 15.0. The Kier molecular flexibility index (Phi) is 10.2. The predicted octanol–water partition coefficient (Wildman–Crippen LogP) is 5.57. The number of piperidine rings is 1. The van der Waals surface area contributed by atoms with E-state index in [-0.39, 0.29) is 17.7 Å². The van der Waals surface area contributed by atoms with Crippen LogP contribution in [0.1, 0.15) is 103 Å². The maximum absolute atomic E-state index is 13.8. The Morgan fingerprint density at radius 2 is 1.79 bits per heavy atom. The zero-order valence-corrected chi connectivity index (χ0v) is 24.6. The molecule has 1 aromatic carbocycles. The molecule has 1 aromatic heterocycles. The normalized spacial score (nSPS) is 20.7. The van der Waals surface area contributed by atoms with E-state index in [1.807, 2.05) is 48.8 Å². The summed E-state index contributed by atoms with van der Waals surface area (Å²) >= 11 is 0. The Bertz CT molecular complexity index is 1100. The lowest BCUT2D eigenvalue weighted by atomic mass is 9.92. The van der Waals surface area contributed by atoms with Gasteiger partial charge >= 0.3 is 0 Å². The van der Waals surface area contributed by atoms with E-state index in [0.29, 0.717) is 68.7 Å². The quantitative estimate of drug-likeness (QED) is 0.438. The molecule has 2 unspecified atom stereocenters. The second kappa shape index (κ2) is 13.6. The van der Waals surface area contributed by atoms with E-state index in [1.54, 1.807) is 0 Å². The van der Waals surface area contributed by atoms with Crippen LogP contribution in [0.15, 0.2) is 28.7 Å². The third kappa shape index (κ3) is 7.47. The van der Waals surface area contributed by atoms with Crippen molar-refractivity contribution in [3.05, 3.63) is 41.6 Å². The van der Waals surface area contributed by atoms with Crippen LogP contribution in [0, 0.1) is 5.92 Å². The second-order valence-corrected chi connectivity index (χ2v) is 11.9. The molecule has 2 atom stereocenters. The van der Waals surface area contributed by atoms with E-state index in [0.717, 1.165) is 49.9 Å². The van der Waals surface area contributed by atoms with E-state index in [4.69, 9.17) is 4.42 Å². The van der Waals surface area contributed by atoms with Crippen LogP contribution < -0.4 is 4.90 Å². The minimum absolute atomic E-state index is 0.0904. The lowest BCUT2D eigenvalue weighted by Gasteiger charge is -2.44. The Hall–Kier alpha value is -2.74. The van der Waals surface area contributed by atoms with Crippen LogP contribution >= 0.6 is 0 Å². The monoisotopic (exact) mass is 537 g/mol. The molecule has 2 aromatic rings. The lowest BCUT2D eigenvalue weighted by Crippen LogP contribution is -2.53. The SMILES string of the molecule is CCC(=O)N1CCC2CCCC(CN(C(=O)CCc3nnc(C(C)C)o3)Cc3ccccc31)N2CCC(C)C. The zero-order chi connectivity index (χ0) is 27.9. The van der Waals surface area contributed by atoms with Crippen molar-refractivity contribution in [2.75, 3.05) is 24.5 Å². The number of hydrogen-bond donors (Lipinski definition) is 0. The first kappa shape index (κ1) is 29.2. The average Bonchev–Trinajstić information content (AvgIpc) is 3.40.